The lowest BCUT2D eigenvalue weighted by Gasteiger charge is -2.11. The second-order valence-electron chi connectivity index (χ2n) is 3.29. The van der Waals surface area contributed by atoms with E-state index in [1.54, 1.807) is 6.20 Å². The van der Waals surface area contributed by atoms with Crippen molar-refractivity contribution in [3.8, 4) is 0 Å². The van der Waals surface area contributed by atoms with Gasteiger partial charge in [0.1, 0.15) is 18.5 Å². The normalized spacial score (nSPS) is 20.1. The Hall–Kier alpha value is -1.14. The highest BCUT2D eigenvalue weighted by molar-refractivity contribution is 9.10. The van der Waals surface area contributed by atoms with E-state index < -0.39 is 0 Å². The Labute approximate surface area is 95.3 Å². The average Bonchev–Trinajstić information content (AvgIpc) is 2.57. The minimum Gasteiger partial charge on any atom is -0.356 e. The fourth-order valence-electron chi connectivity index (χ4n) is 1.31. The monoisotopic (exact) mass is 271 g/mol. The number of carbonyl (C=O) groups is 1. The van der Waals surface area contributed by atoms with E-state index in [0.717, 1.165) is 10.0 Å². The lowest BCUT2D eigenvalue weighted by molar-refractivity contribution is -0.124. The average molecular weight is 272 g/mol. The summed E-state index contributed by atoms with van der Waals surface area (Å²) >= 11 is 3.33. The molecule has 2 heterocycles. The van der Waals surface area contributed by atoms with Gasteiger partial charge in [-0.1, -0.05) is 0 Å². The topological polar surface area (TPSA) is 63.3 Å². The number of carbonyl (C=O) groups excluding carboxylic acids is 1. The van der Waals surface area contributed by atoms with Gasteiger partial charge in [-0.25, -0.2) is 10.5 Å². The number of hydroxylamine groups is 1. The largest absolute Gasteiger partial charge is 0.356 e. The predicted molar refractivity (Wildman–Crippen MR) is 58.2 cm³/mol. The van der Waals surface area contributed by atoms with E-state index in [2.05, 4.69) is 31.7 Å². The molecule has 1 amide bonds. The van der Waals surface area contributed by atoms with Crippen LogP contribution in [0.3, 0.4) is 0 Å². The summed E-state index contributed by atoms with van der Waals surface area (Å²) in [7, 11) is 0. The van der Waals surface area contributed by atoms with Crippen molar-refractivity contribution in [1.82, 2.24) is 10.5 Å². The number of aromatic nitrogens is 1. The molecule has 2 N–H and O–H groups in total. The van der Waals surface area contributed by atoms with Crippen LogP contribution in [-0.2, 0) is 9.63 Å². The third kappa shape index (κ3) is 2.27. The van der Waals surface area contributed by atoms with Gasteiger partial charge >= 0.3 is 0 Å². The zero-order valence-corrected chi connectivity index (χ0v) is 9.67. The highest BCUT2D eigenvalue weighted by atomic mass is 79.9. The fraction of sp³-hybridized carbons (Fsp3) is 0.333. The number of hydrogen-bond acceptors (Lipinski definition) is 4. The van der Waals surface area contributed by atoms with Gasteiger partial charge in [0, 0.05) is 10.7 Å². The number of amides is 1. The molecule has 1 aliphatic rings. The molecule has 5 nitrogen and oxygen atoms in total. The molecule has 1 aliphatic heterocycles. The number of rotatable bonds is 2. The molecule has 0 bridgehead atoms. The van der Waals surface area contributed by atoms with Crippen molar-refractivity contribution in [3.05, 3.63) is 22.3 Å². The van der Waals surface area contributed by atoms with Crippen molar-refractivity contribution in [2.45, 2.75) is 13.0 Å². The molecular weight excluding hydrogens is 262 g/mol. The Kier molecular flexibility index (Phi) is 2.88. The Morgan fingerprint density at radius 3 is 3.13 bits per heavy atom. The Morgan fingerprint density at radius 2 is 2.53 bits per heavy atom. The molecule has 0 spiro atoms. The lowest BCUT2D eigenvalue weighted by atomic mass is 10.2. The number of anilines is 1. The van der Waals surface area contributed by atoms with Crippen molar-refractivity contribution < 1.29 is 9.63 Å². The summed E-state index contributed by atoms with van der Waals surface area (Å²) in [4.78, 5) is 20.2. The highest BCUT2D eigenvalue weighted by Crippen LogP contribution is 2.17. The van der Waals surface area contributed by atoms with E-state index >= 15 is 0 Å². The van der Waals surface area contributed by atoms with Gasteiger partial charge < -0.3 is 5.32 Å². The molecule has 0 radical (unpaired) electrons. The molecule has 15 heavy (non-hydrogen) atoms. The Morgan fingerprint density at radius 1 is 1.73 bits per heavy atom. The molecular formula is C9H10BrN3O2. The highest BCUT2D eigenvalue weighted by Gasteiger charge is 2.25. The molecule has 2 rings (SSSR count). The van der Waals surface area contributed by atoms with Crippen LogP contribution in [0.25, 0.3) is 0 Å². The molecule has 1 atom stereocenters. The van der Waals surface area contributed by atoms with Crippen LogP contribution in [-0.4, -0.2) is 23.5 Å². The van der Waals surface area contributed by atoms with Gasteiger partial charge in [-0.2, -0.15) is 0 Å². The second-order valence-corrected chi connectivity index (χ2v) is 4.21. The molecule has 0 aromatic carbocycles. The number of nitrogens with one attached hydrogen (secondary N) is 2. The van der Waals surface area contributed by atoms with Crippen LogP contribution in [0.4, 0.5) is 5.82 Å². The second kappa shape index (κ2) is 4.16. The summed E-state index contributed by atoms with van der Waals surface area (Å²) < 4.78 is 0.915. The zero-order valence-electron chi connectivity index (χ0n) is 8.08. The van der Waals surface area contributed by atoms with Crippen LogP contribution in [0.15, 0.2) is 16.7 Å². The van der Waals surface area contributed by atoms with Crippen LogP contribution in [0.1, 0.15) is 5.56 Å². The first-order valence-corrected chi connectivity index (χ1v) is 5.26. The Balaban J connectivity index is 2.13. The molecule has 0 aliphatic carbocycles. The molecule has 6 heteroatoms. The first kappa shape index (κ1) is 10.4. The summed E-state index contributed by atoms with van der Waals surface area (Å²) in [6, 6.07) is 1.57. The molecule has 1 saturated heterocycles. The SMILES string of the molecule is Cc1cc(Br)cnc1NC1CONC1=O. The number of nitrogens with zero attached hydrogens (tertiary/aromatic N) is 1. The van der Waals surface area contributed by atoms with Gasteiger partial charge in [0.15, 0.2) is 0 Å². The summed E-state index contributed by atoms with van der Waals surface area (Å²) in [6.45, 7) is 2.24. The molecule has 1 aromatic heterocycles. The van der Waals surface area contributed by atoms with Gasteiger partial charge in [-0.3, -0.25) is 9.63 Å². The Bertz CT molecular complexity index is 397. The van der Waals surface area contributed by atoms with Crippen LogP contribution in [0.2, 0.25) is 0 Å². The zero-order chi connectivity index (χ0) is 10.8. The van der Waals surface area contributed by atoms with E-state index in [1.165, 1.54) is 0 Å². The first-order chi connectivity index (χ1) is 7.16. The number of hydrogen-bond donors (Lipinski definition) is 2. The predicted octanol–water partition coefficient (Wildman–Crippen LogP) is 0.994. The van der Waals surface area contributed by atoms with Crippen molar-refractivity contribution in [3.63, 3.8) is 0 Å². The summed E-state index contributed by atoms with van der Waals surface area (Å²) in [6.07, 6.45) is 1.68. The van der Waals surface area contributed by atoms with E-state index in [1.807, 2.05) is 13.0 Å². The molecule has 0 saturated carbocycles. The minimum absolute atomic E-state index is 0.167. The standard InChI is InChI=1S/C9H10BrN3O2/c1-5-2-6(10)3-11-8(5)12-7-4-15-13-9(7)14/h2-3,7H,4H2,1H3,(H,11,12)(H,13,14). The third-order valence-electron chi connectivity index (χ3n) is 2.10. The number of aryl methyl sites for hydroxylation is 1. The molecule has 80 valence electrons. The van der Waals surface area contributed by atoms with Crippen LogP contribution < -0.4 is 10.8 Å². The van der Waals surface area contributed by atoms with Crippen LogP contribution >= 0.6 is 15.9 Å². The first-order valence-electron chi connectivity index (χ1n) is 4.47. The summed E-state index contributed by atoms with van der Waals surface area (Å²) in [5, 5.41) is 3.02. The van der Waals surface area contributed by atoms with Gasteiger partial charge in [0.2, 0.25) is 0 Å². The van der Waals surface area contributed by atoms with Gasteiger partial charge in [0.25, 0.3) is 5.91 Å². The summed E-state index contributed by atoms with van der Waals surface area (Å²) in [5.41, 5.74) is 3.26. The van der Waals surface area contributed by atoms with Crippen molar-refractivity contribution in [2.75, 3.05) is 11.9 Å². The maximum atomic E-state index is 11.2. The molecule has 1 unspecified atom stereocenters. The smallest absolute Gasteiger partial charge is 0.268 e. The van der Waals surface area contributed by atoms with Crippen LogP contribution in [0, 0.1) is 6.92 Å². The van der Waals surface area contributed by atoms with Crippen molar-refractivity contribution >= 4 is 27.7 Å². The molecule has 1 fully saturated rings. The fourth-order valence-corrected chi connectivity index (χ4v) is 1.75. The maximum absolute atomic E-state index is 11.2. The maximum Gasteiger partial charge on any atom is 0.268 e. The quantitative estimate of drug-likeness (QED) is 0.843. The van der Waals surface area contributed by atoms with E-state index in [-0.39, 0.29) is 11.9 Å². The summed E-state index contributed by atoms with van der Waals surface area (Å²) in [5.74, 6) is 0.531. The van der Waals surface area contributed by atoms with Crippen molar-refractivity contribution in [1.29, 1.82) is 0 Å². The molecule has 1 aromatic rings. The van der Waals surface area contributed by atoms with Crippen LogP contribution in [0.5, 0.6) is 0 Å². The van der Waals surface area contributed by atoms with Gasteiger partial charge in [0.05, 0.1) is 0 Å². The van der Waals surface area contributed by atoms with Gasteiger partial charge in [-0.05, 0) is 34.5 Å². The van der Waals surface area contributed by atoms with Gasteiger partial charge in [-0.15, -0.1) is 0 Å². The van der Waals surface area contributed by atoms with Crippen molar-refractivity contribution in [2.24, 2.45) is 0 Å². The van der Waals surface area contributed by atoms with E-state index in [4.69, 9.17) is 4.84 Å². The minimum atomic E-state index is -0.364. The number of pyridine rings is 1. The lowest BCUT2D eigenvalue weighted by Crippen LogP contribution is -2.31. The number of halogens is 1. The third-order valence-corrected chi connectivity index (χ3v) is 2.53. The van der Waals surface area contributed by atoms with E-state index in [9.17, 15) is 4.79 Å². The van der Waals surface area contributed by atoms with E-state index in [0.29, 0.717) is 12.4 Å².